The van der Waals surface area contributed by atoms with Crippen LogP contribution in [0.15, 0.2) is 17.0 Å². The summed E-state index contributed by atoms with van der Waals surface area (Å²) < 4.78 is 40.1. The fourth-order valence-corrected chi connectivity index (χ4v) is 3.51. The van der Waals surface area contributed by atoms with Crippen LogP contribution in [0.5, 0.6) is 0 Å². The molecule has 0 aromatic heterocycles. The van der Waals surface area contributed by atoms with Gasteiger partial charge in [0.2, 0.25) is 10.0 Å². The first-order chi connectivity index (χ1) is 8.90. The van der Waals surface area contributed by atoms with Crippen molar-refractivity contribution in [1.82, 2.24) is 4.72 Å². The summed E-state index contributed by atoms with van der Waals surface area (Å²) in [5, 5.41) is 0.0956. The van der Waals surface area contributed by atoms with Crippen molar-refractivity contribution in [3.05, 3.63) is 23.0 Å². The Bertz CT molecular complexity index is 573. The van der Waals surface area contributed by atoms with Crippen LogP contribution in [0.25, 0.3) is 0 Å². The first-order valence-corrected chi connectivity index (χ1v) is 8.00. The average Bonchev–Trinajstić information content (AvgIpc) is 2.26. The third kappa shape index (κ3) is 3.38. The average molecular weight is 307 g/mol. The molecule has 0 spiro atoms. The second-order valence-corrected chi connectivity index (χ2v) is 6.96. The summed E-state index contributed by atoms with van der Waals surface area (Å²) in [6.07, 6.45) is 4.26. The first kappa shape index (κ1) is 14.6. The molecule has 0 aliphatic heterocycles. The Morgan fingerprint density at radius 2 is 2.11 bits per heavy atom. The molecule has 3 N–H and O–H groups in total. The molecule has 0 amide bonds. The summed E-state index contributed by atoms with van der Waals surface area (Å²) in [6.45, 7) is 0.304. The minimum absolute atomic E-state index is 0.0956. The predicted octanol–water partition coefficient (Wildman–Crippen LogP) is 2.53. The van der Waals surface area contributed by atoms with Crippen molar-refractivity contribution in [3.8, 4) is 0 Å². The molecule has 1 aliphatic carbocycles. The van der Waals surface area contributed by atoms with Crippen LogP contribution in [0.3, 0.4) is 0 Å². The van der Waals surface area contributed by atoms with Gasteiger partial charge in [-0.1, -0.05) is 30.9 Å². The van der Waals surface area contributed by atoms with Crippen LogP contribution in [0.2, 0.25) is 5.02 Å². The van der Waals surface area contributed by atoms with E-state index in [1.807, 2.05) is 0 Å². The molecule has 0 atom stereocenters. The van der Waals surface area contributed by atoms with Gasteiger partial charge >= 0.3 is 0 Å². The van der Waals surface area contributed by atoms with Gasteiger partial charge in [0.05, 0.1) is 5.69 Å². The minimum Gasteiger partial charge on any atom is -0.396 e. The van der Waals surface area contributed by atoms with Crippen LogP contribution >= 0.6 is 11.6 Å². The third-order valence-corrected chi connectivity index (χ3v) is 5.07. The molecule has 0 unspecified atom stereocenters. The van der Waals surface area contributed by atoms with Gasteiger partial charge in [-0.15, -0.1) is 0 Å². The van der Waals surface area contributed by atoms with E-state index in [2.05, 4.69) is 4.72 Å². The molecule has 19 heavy (non-hydrogen) atoms. The molecule has 1 saturated carbocycles. The third-order valence-electron chi connectivity index (χ3n) is 3.39. The number of halogens is 2. The van der Waals surface area contributed by atoms with Crippen molar-refractivity contribution in [2.24, 2.45) is 5.92 Å². The summed E-state index contributed by atoms with van der Waals surface area (Å²) in [4.78, 5) is -0.494. The van der Waals surface area contributed by atoms with E-state index in [0.29, 0.717) is 12.5 Å². The van der Waals surface area contributed by atoms with Crippen LogP contribution < -0.4 is 10.5 Å². The van der Waals surface area contributed by atoms with Crippen molar-refractivity contribution in [1.29, 1.82) is 0 Å². The van der Waals surface area contributed by atoms with E-state index in [0.717, 1.165) is 25.3 Å². The number of hydrogen-bond acceptors (Lipinski definition) is 3. The highest BCUT2D eigenvalue weighted by Crippen LogP contribution is 2.29. The molecule has 7 heteroatoms. The molecule has 1 aromatic carbocycles. The number of nitrogens with two attached hydrogens (primary N) is 1. The van der Waals surface area contributed by atoms with Gasteiger partial charge in [0, 0.05) is 11.6 Å². The molecule has 0 radical (unpaired) electrons. The molecular weight excluding hydrogens is 291 g/mol. The molecule has 0 heterocycles. The standard InChI is InChI=1S/C12H16ClFN2O2S/c13-9-6-10(15)12(14)11(7-9)19(17,18)16-5-4-8-2-1-3-8/h6-8,16H,1-5,15H2. The van der Waals surface area contributed by atoms with E-state index < -0.39 is 20.7 Å². The zero-order valence-electron chi connectivity index (χ0n) is 10.3. The van der Waals surface area contributed by atoms with Crippen LogP contribution in [0.4, 0.5) is 10.1 Å². The van der Waals surface area contributed by atoms with Crippen molar-refractivity contribution >= 4 is 27.3 Å². The van der Waals surface area contributed by atoms with E-state index in [1.165, 1.54) is 12.5 Å². The lowest BCUT2D eigenvalue weighted by Crippen LogP contribution is -2.28. The fourth-order valence-electron chi connectivity index (χ4n) is 2.04. The Morgan fingerprint density at radius 3 is 2.68 bits per heavy atom. The molecule has 2 rings (SSSR count). The van der Waals surface area contributed by atoms with Gasteiger partial charge < -0.3 is 5.73 Å². The Labute approximate surface area is 117 Å². The topological polar surface area (TPSA) is 72.2 Å². The van der Waals surface area contributed by atoms with E-state index in [4.69, 9.17) is 17.3 Å². The monoisotopic (exact) mass is 306 g/mol. The Kier molecular flexibility index (Phi) is 4.32. The molecule has 0 saturated heterocycles. The zero-order chi connectivity index (χ0) is 14.0. The maximum atomic E-state index is 13.7. The summed E-state index contributed by atoms with van der Waals surface area (Å²) in [5.74, 6) is -0.377. The molecule has 1 fully saturated rings. The highest BCUT2D eigenvalue weighted by molar-refractivity contribution is 7.89. The number of nitrogens with one attached hydrogen (secondary N) is 1. The number of rotatable bonds is 5. The second-order valence-electron chi connectivity index (χ2n) is 4.79. The van der Waals surface area contributed by atoms with Gasteiger partial charge in [-0.2, -0.15) is 0 Å². The first-order valence-electron chi connectivity index (χ1n) is 6.14. The van der Waals surface area contributed by atoms with Crippen LogP contribution in [0, 0.1) is 11.7 Å². The van der Waals surface area contributed by atoms with Crippen LogP contribution in [-0.4, -0.2) is 15.0 Å². The van der Waals surface area contributed by atoms with Crippen molar-refractivity contribution < 1.29 is 12.8 Å². The molecule has 4 nitrogen and oxygen atoms in total. The van der Waals surface area contributed by atoms with Crippen molar-refractivity contribution in [2.75, 3.05) is 12.3 Å². The molecule has 0 bridgehead atoms. The van der Waals surface area contributed by atoms with Gasteiger partial charge in [-0.05, 0) is 24.5 Å². The highest BCUT2D eigenvalue weighted by atomic mass is 35.5. The van der Waals surface area contributed by atoms with Gasteiger partial charge in [-0.25, -0.2) is 17.5 Å². The Morgan fingerprint density at radius 1 is 1.42 bits per heavy atom. The quantitative estimate of drug-likeness (QED) is 0.821. The SMILES string of the molecule is Nc1cc(Cl)cc(S(=O)(=O)NCCC2CCC2)c1F. The van der Waals surface area contributed by atoms with Gasteiger partial charge in [0.1, 0.15) is 4.90 Å². The minimum atomic E-state index is -3.91. The summed E-state index contributed by atoms with van der Waals surface area (Å²) in [6, 6.07) is 2.25. The maximum Gasteiger partial charge on any atom is 0.243 e. The van der Waals surface area contributed by atoms with Crippen molar-refractivity contribution in [3.63, 3.8) is 0 Å². The predicted molar refractivity (Wildman–Crippen MR) is 73.0 cm³/mol. The number of anilines is 1. The number of hydrogen-bond donors (Lipinski definition) is 2. The van der Waals surface area contributed by atoms with E-state index in [9.17, 15) is 12.8 Å². The lowest BCUT2D eigenvalue weighted by Gasteiger charge is -2.25. The summed E-state index contributed by atoms with van der Waals surface area (Å²) in [5.41, 5.74) is 5.10. The normalized spacial score (nSPS) is 16.3. The lowest BCUT2D eigenvalue weighted by molar-refractivity contribution is 0.297. The maximum absolute atomic E-state index is 13.7. The van der Waals surface area contributed by atoms with Gasteiger partial charge in [-0.3, -0.25) is 0 Å². The number of sulfonamides is 1. The molecular formula is C12H16ClFN2O2S. The van der Waals surface area contributed by atoms with Gasteiger partial charge in [0.15, 0.2) is 5.82 Å². The second kappa shape index (κ2) is 5.64. The van der Waals surface area contributed by atoms with Crippen LogP contribution in [-0.2, 0) is 10.0 Å². The lowest BCUT2D eigenvalue weighted by atomic mass is 9.83. The molecule has 1 aromatic rings. The number of benzene rings is 1. The zero-order valence-corrected chi connectivity index (χ0v) is 11.9. The van der Waals surface area contributed by atoms with Gasteiger partial charge in [0.25, 0.3) is 0 Å². The van der Waals surface area contributed by atoms with E-state index in [1.54, 1.807) is 0 Å². The van der Waals surface area contributed by atoms with E-state index in [-0.39, 0.29) is 10.7 Å². The van der Waals surface area contributed by atoms with E-state index >= 15 is 0 Å². The molecule has 106 valence electrons. The molecule has 1 aliphatic rings. The fraction of sp³-hybridized carbons (Fsp3) is 0.500. The van der Waals surface area contributed by atoms with Crippen molar-refractivity contribution in [2.45, 2.75) is 30.6 Å². The Balaban J connectivity index is 2.09. The highest BCUT2D eigenvalue weighted by Gasteiger charge is 2.23. The number of nitrogen functional groups attached to an aromatic ring is 1. The summed E-state index contributed by atoms with van der Waals surface area (Å²) in [7, 11) is -3.91. The summed E-state index contributed by atoms with van der Waals surface area (Å²) >= 11 is 5.71. The smallest absolute Gasteiger partial charge is 0.243 e. The van der Waals surface area contributed by atoms with Crippen LogP contribution in [0.1, 0.15) is 25.7 Å². The Hall–Kier alpha value is -0.850. The largest absolute Gasteiger partial charge is 0.396 e.